The van der Waals surface area contributed by atoms with E-state index in [0.717, 1.165) is 18.7 Å². The molecule has 0 aliphatic heterocycles. The first-order valence-electron chi connectivity index (χ1n) is 6.40. The van der Waals surface area contributed by atoms with Crippen molar-refractivity contribution < 1.29 is 4.79 Å². The third-order valence-electron chi connectivity index (χ3n) is 3.41. The van der Waals surface area contributed by atoms with Crippen molar-refractivity contribution in [1.82, 2.24) is 14.9 Å². The summed E-state index contributed by atoms with van der Waals surface area (Å²) >= 11 is 0. The standard InChI is InChI=1S/C13H21N3O/c1-9(2)13(17)14-8-12-15-10-6-4-5-7-11(10)16(12)3/h9H,4-8H2,1-3H3,(H,14,17). The Bertz CT molecular complexity index is 421. The minimum absolute atomic E-state index is 0.0323. The van der Waals surface area contributed by atoms with Gasteiger partial charge in [-0.05, 0) is 25.7 Å². The van der Waals surface area contributed by atoms with Gasteiger partial charge in [0.15, 0.2) is 0 Å². The Morgan fingerprint density at radius 1 is 1.41 bits per heavy atom. The molecule has 4 nitrogen and oxygen atoms in total. The average Bonchev–Trinajstić information content (AvgIpc) is 2.64. The van der Waals surface area contributed by atoms with Crippen molar-refractivity contribution >= 4 is 5.91 Å². The number of nitrogens with zero attached hydrogens (tertiary/aromatic N) is 2. The molecular formula is C13H21N3O. The number of rotatable bonds is 3. The monoisotopic (exact) mass is 235 g/mol. The second-order valence-electron chi connectivity index (χ2n) is 5.06. The Morgan fingerprint density at radius 3 is 2.76 bits per heavy atom. The van der Waals surface area contributed by atoms with Gasteiger partial charge in [0.05, 0.1) is 12.2 Å². The Morgan fingerprint density at radius 2 is 2.12 bits per heavy atom. The molecule has 1 aromatic heterocycles. The van der Waals surface area contributed by atoms with Crippen molar-refractivity contribution in [1.29, 1.82) is 0 Å². The number of aryl methyl sites for hydroxylation is 1. The Balaban J connectivity index is 2.06. The minimum atomic E-state index is 0.0323. The molecule has 0 radical (unpaired) electrons. The number of amides is 1. The van der Waals surface area contributed by atoms with E-state index in [2.05, 4.69) is 14.9 Å². The van der Waals surface area contributed by atoms with Crippen LogP contribution in [0.15, 0.2) is 0 Å². The highest BCUT2D eigenvalue weighted by atomic mass is 16.1. The molecule has 0 bridgehead atoms. The lowest BCUT2D eigenvalue weighted by Gasteiger charge is -2.11. The summed E-state index contributed by atoms with van der Waals surface area (Å²) < 4.78 is 2.15. The molecular weight excluding hydrogens is 214 g/mol. The largest absolute Gasteiger partial charge is 0.349 e. The van der Waals surface area contributed by atoms with Crippen molar-refractivity contribution in [2.75, 3.05) is 0 Å². The van der Waals surface area contributed by atoms with Crippen LogP contribution < -0.4 is 5.32 Å². The number of fused-ring (bicyclic) bond motifs is 1. The molecule has 2 rings (SSSR count). The van der Waals surface area contributed by atoms with E-state index in [4.69, 9.17) is 0 Å². The van der Waals surface area contributed by atoms with E-state index < -0.39 is 0 Å². The van der Waals surface area contributed by atoms with Gasteiger partial charge < -0.3 is 9.88 Å². The van der Waals surface area contributed by atoms with E-state index in [-0.39, 0.29) is 11.8 Å². The van der Waals surface area contributed by atoms with Crippen LogP contribution in [0.5, 0.6) is 0 Å². The molecule has 1 aromatic rings. The average molecular weight is 235 g/mol. The lowest BCUT2D eigenvalue weighted by atomic mass is 10.0. The van der Waals surface area contributed by atoms with Gasteiger partial charge in [-0.2, -0.15) is 0 Å². The lowest BCUT2D eigenvalue weighted by molar-refractivity contribution is -0.124. The zero-order valence-electron chi connectivity index (χ0n) is 10.9. The number of carbonyl (C=O) groups excluding carboxylic acids is 1. The van der Waals surface area contributed by atoms with Gasteiger partial charge in [-0.25, -0.2) is 4.98 Å². The van der Waals surface area contributed by atoms with Crippen molar-refractivity contribution in [3.8, 4) is 0 Å². The quantitative estimate of drug-likeness (QED) is 0.864. The summed E-state index contributed by atoms with van der Waals surface area (Å²) in [6, 6.07) is 0. The number of aromatic nitrogens is 2. The highest BCUT2D eigenvalue weighted by molar-refractivity contribution is 5.77. The summed E-state index contributed by atoms with van der Waals surface area (Å²) in [6.07, 6.45) is 4.70. The third-order valence-corrected chi connectivity index (χ3v) is 3.41. The molecule has 0 unspecified atom stereocenters. The first-order valence-corrected chi connectivity index (χ1v) is 6.40. The normalized spacial score (nSPS) is 14.8. The highest BCUT2D eigenvalue weighted by Gasteiger charge is 2.18. The highest BCUT2D eigenvalue weighted by Crippen LogP contribution is 2.21. The van der Waals surface area contributed by atoms with Gasteiger partial charge >= 0.3 is 0 Å². The molecule has 4 heteroatoms. The molecule has 1 aliphatic carbocycles. The first kappa shape index (κ1) is 12.1. The van der Waals surface area contributed by atoms with Crippen LogP contribution >= 0.6 is 0 Å². The number of hydrogen-bond donors (Lipinski definition) is 1. The molecule has 0 saturated heterocycles. The fraction of sp³-hybridized carbons (Fsp3) is 0.692. The molecule has 0 fully saturated rings. The Kier molecular flexibility index (Phi) is 3.50. The zero-order chi connectivity index (χ0) is 12.4. The van der Waals surface area contributed by atoms with Gasteiger partial charge in [-0.1, -0.05) is 13.8 Å². The second-order valence-corrected chi connectivity index (χ2v) is 5.06. The summed E-state index contributed by atoms with van der Waals surface area (Å²) in [5.41, 5.74) is 2.58. The van der Waals surface area contributed by atoms with Crippen LogP contribution in [0.1, 0.15) is 43.9 Å². The topological polar surface area (TPSA) is 46.9 Å². The number of imidazole rings is 1. The summed E-state index contributed by atoms with van der Waals surface area (Å²) in [5, 5.41) is 2.93. The van der Waals surface area contributed by atoms with Gasteiger partial charge in [-0.3, -0.25) is 4.79 Å². The predicted molar refractivity (Wildman–Crippen MR) is 66.5 cm³/mol. The zero-order valence-corrected chi connectivity index (χ0v) is 10.9. The predicted octanol–water partition coefficient (Wildman–Crippen LogP) is 1.57. The van der Waals surface area contributed by atoms with Crippen LogP contribution in [0.3, 0.4) is 0 Å². The molecule has 0 aromatic carbocycles. The SMILES string of the molecule is CC(C)C(=O)NCc1nc2c(n1C)CCCC2. The van der Waals surface area contributed by atoms with Gasteiger partial charge in [0.2, 0.25) is 5.91 Å². The van der Waals surface area contributed by atoms with Crippen molar-refractivity contribution in [3.05, 3.63) is 17.2 Å². The van der Waals surface area contributed by atoms with Crippen LogP contribution in [0.4, 0.5) is 0 Å². The molecule has 1 N–H and O–H groups in total. The number of hydrogen-bond acceptors (Lipinski definition) is 2. The number of nitrogens with one attached hydrogen (secondary N) is 1. The molecule has 1 amide bonds. The first-order chi connectivity index (χ1) is 8.09. The van der Waals surface area contributed by atoms with E-state index in [1.165, 1.54) is 24.2 Å². The molecule has 17 heavy (non-hydrogen) atoms. The van der Waals surface area contributed by atoms with Crippen molar-refractivity contribution in [3.63, 3.8) is 0 Å². The van der Waals surface area contributed by atoms with Gasteiger partial charge in [0, 0.05) is 18.7 Å². The molecule has 0 spiro atoms. The number of carbonyl (C=O) groups is 1. The molecule has 1 aliphatic rings. The molecule has 0 saturated carbocycles. The maximum absolute atomic E-state index is 11.5. The van der Waals surface area contributed by atoms with Gasteiger partial charge in [0.25, 0.3) is 0 Å². The summed E-state index contributed by atoms with van der Waals surface area (Å²) in [7, 11) is 2.05. The fourth-order valence-corrected chi connectivity index (χ4v) is 2.27. The summed E-state index contributed by atoms with van der Waals surface area (Å²) in [4.78, 5) is 16.2. The van der Waals surface area contributed by atoms with E-state index >= 15 is 0 Å². The van der Waals surface area contributed by atoms with Crippen LogP contribution in [-0.4, -0.2) is 15.5 Å². The third kappa shape index (κ3) is 2.51. The van der Waals surface area contributed by atoms with E-state index in [0.29, 0.717) is 6.54 Å². The van der Waals surface area contributed by atoms with Gasteiger partial charge in [0.1, 0.15) is 5.82 Å². The maximum Gasteiger partial charge on any atom is 0.222 e. The van der Waals surface area contributed by atoms with Crippen molar-refractivity contribution in [2.45, 2.75) is 46.1 Å². The fourth-order valence-electron chi connectivity index (χ4n) is 2.27. The summed E-state index contributed by atoms with van der Waals surface area (Å²) in [5.74, 6) is 1.10. The maximum atomic E-state index is 11.5. The molecule has 0 atom stereocenters. The van der Waals surface area contributed by atoms with Gasteiger partial charge in [-0.15, -0.1) is 0 Å². The Hall–Kier alpha value is -1.32. The molecule has 94 valence electrons. The summed E-state index contributed by atoms with van der Waals surface area (Å²) in [6.45, 7) is 4.35. The lowest BCUT2D eigenvalue weighted by Crippen LogP contribution is -2.28. The smallest absolute Gasteiger partial charge is 0.222 e. The van der Waals surface area contributed by atoms with Crippen LogP contribution in [0.2, 0.25) is 0 Å². The van der Waals surface area contributed by atoms with Crippen LogP contribution in [0, 0.1) is 5.92 Å². The second kappa shape index (κ2) is 4.90. The minimum Gasteiger partial charge on any atom is -0.349 e. The Labute approximate surface area is 102 Å². The van der Waals surface area contributed by atoms with E-state index in [1.54, 1.807) is 0 Å². The molecule has 1 heterocycles. The van der Waals surface area contributed by atoms with Crippen LogP contribution in [-0.2, 0) is 31.2 Å². The van der Waals surface area contributed by atoms with E-state index in [1.807, 2.05) is 20.9 Å². The van der Waals surface area contributed by atoms with Crippen molar-refractivity contribution in [2.24, 2.45) is 13.0 Å². The van der Waals surface area contributed by atoms with Crippen LogP contribution in [0.25, 0.3) is 0 Å². The van der Waals surface area contributed by atoms with E-state index in [9.17, 15) is 4.79 Å².